The predicted octanol–water partition coefficient (Wildman–Crippen LogP) is 3.69. The molecule has 152 valence electrons. The average Bonchev–Trinajstić information content (AvgIpc) is 3.36. The molecule has 2 aromatic heterocycles. The first-order valence-corrected chi connectivity index (χ1v) is 9.69. The summed E-state index contributed by atoms with van der Waals surface area (Å²) >= 11 is 0. The molecule has 1 aliphatic heterocycles. The van der Waals surface area contributed by atoms with Gasteiger partial charge in [0.2, 0.25) is 11.8 Å². The van der Waals surface area contributed by atoms with Crippen LogP contribution in [0.2, 0.25) is 0 Å². The van der Waals surface area contributed by atoms with E-state index in [1.807, 2.05) is 18.2 Å². The van der Waals surface area contributed by atoms with Crippen LogP contribution in [0, 0.1) is 12.7 Å². The fourth-order valence-electron chi connectivity index (χ4n) is 3.80. The zero-order valence-corrected chi connectivity index (χ0v) is 16.3. The number of hydrogen-bond acceptors (Lipinski definition) is 5. The molecule has 0 aliphatic carbocycles. The number of aromatic nitrogens is 4. The van der Waals surface area contributed by atoms with Crippen molar-refractivity contribution < 1.29 is 13.6 Å². The minimum absolute atomic E-state index is 0.136. The van der Waals surface area contributed by atoms with Crippen LogP contribution in [-0.4, -0.2) is 44.0 Å². The van der Waals surface area contributed by atoms with E-state index in [0.29, 0.717) is 30.6 Å². The average molecular weight is 406 g/mol. The third-order valence-corrected chi connectivity index (χ3v) is 5.17. The van der Waals surface area contributed by atoms with E-state index in [0.717, 1.165) is 23.0 Å². The molecule has 5 rings (SSSR count). The standard InChI is InChI=1S/C21H19FN6O2/c1-14-24-25-20(30-14)13-26-10-5-11-27(21(26)29)17-8-4-9-18-15(17)12-23-28(18)19-7-3-2-6-16(19)22/h2-4,6-9,12H,5,10-11,13H2,1H3. The maximum Gasteiger partial charge on any atom is 0.324 e. The van der Waals surface area contributed by atoms with E-state index < -0.39 is 0 Å². The number of aryl methyl sites for hydroxylation is 1. The number of hydrogen-bond donors (Lipinski definition) is 0. The van der Waals surface area contributed by atoms with Gasteiger partial charge in [-0.25, -0.2) is 13.9 Å². The highest BCUT2D eigenvalue weighted by molar-refractivity contribution is 6.02. The van der Waals surface area contributed by atoms with E-state index in [-0.39, 0.29) is 18.4 Å². The van der Waals surface area contributed by atoms with Crippen LogP contribution in [0.15, 0.2) is 53.1 Å². The van der Waals surface area contributed by atoms with Gasteiger partial charge in [0.25, 0.3) is 0 Å². The lowest BCUT2D eigenvalue weighted by Crippen LogP contribution is -2.49. The summed E-state index contributed by atoms with van der Waals surface area (Å²) in [6, 6.07) is 11.9. The summed E-state index contributed by atoms with van der Waals surface area (Å²) in [6.07, 6.45) is 2.47. The second-order valence-corrected chi connectivity index (χ2v) is 7.14. The second kappa shape index (κ2) is 7.25. The SMILES string of the molecule is Cc1nnc(CN2CCCN(c3cccc4c3cnn4-c3ccccc3F)C2=O)o1. The van der Waals surface area contributed by atoms with Crippen LogP contribution in [-0.2, 0) is 6.54 Å². The summed E-state index contributed by atoms with van der Waals surface area (Å²) in [4.78, 5) is 16.6. The number of amides is 2. The zero-order valence-electron chi connectivity index (χ0n) is 16.3. The molecular weight excluding hydrogens is 387 g/mol. The third-order valence-electron chi connectivity index (χ3n) is 5.17. The van der Waals surface area contributed by atoms with Crippen molar-refractivity contribution in [3.05, 3.63) is 66.3 Å². The maximum atomic E-state index is 14.3. The number of fused-ring (bicyclic) bond motifs is 1. The Morgan fingerprint density at radius 1 is 1.07 bits per heavy atom. The lowest BCUT2D eigenvalue weighted by Gasteiger charge is -2.35. The Balaban J connectivity index is 1.50. The highest BCUT2D eigenvalue weighted by atomic mass is 19.1. The van der Waals surface area contributed by atoms with Crippen molar-refractivity contribution in [2.24, 2.45) is 0 Å². The van der Waals surface area contributed by atoms with E-state index in [4.69, 9.17) is 4.42 Å². The van der Waals surface area contributed by atoms with Crippen molar-refractivity contribution in [1.29, 1.82) is 0 Å². The summed E-state index contributed by atoms with van der Waals surface area (Å²) in [5.41, 5.74) is 1.84. The highest BCUT2D eigenvalue weighted by Gasteiger charge is 2.29. The van der Waals surface area contributed by atoms with Crippen LogP contribution in [0.3, 0.4) is 0 Å². The van der Waals surface area contributed by atoms with Crippen LogP contribution in [0.5, 0.6) is 0 Å². The minimum Gasteiger partial charge on any atom is -0.424 e. The second-order valence-electron chi connectivity index (χ2n) is 7.14. The van der Waals surface area contributed by atoms with E-state index in [1.54, 1.807) is 45.8 Å². The van der Waals surface area contributed by atoms with Gasteiger partial charge in [-0.15, -0.1) is 10.2 Å². The smallest absolute Gasteiger partial charge is 0.324 e. The quantitative estimate of drug-likeness (QED) is 0.516. The number of urea groups is 1. The minimum atomic E-state index is -0.358. The van der Waals surface area contributed by atoms with Crippen molar-refractivity contribution in [2.45, 2.75) is 19.9 Å². The predicted molar refractivity (Wildman–Crippen MR) is 108 cm³/mol. The molecule has 0 spiro atoms. The molecule has 0 saturated carbocycles. The lowest BCUT2D eigenvalue weighted by atomic mass is 10.1. The molecule has 8 nitrogen and oxygen atoms in total. The molecule has 4 aromatic rings. The summed E-state index contributed by atoms with van der Waals surface area (Å²) in [5.74, 6) is 0.521. The Morgan fingerprint density at radius 2 is 1.90 bits per heavy atom. The first-order chi connectivity index (χ1) is 14.6. The van der Waals surface area contributed by atoms with E-state index in [1.165, 1.54) is 6.07 Å². The van der Waals surface area contributed by atoms with Crippen molar-refractivity contribution in [3.63, 3.8) is 0 Å². The molecule has 0 radical (unpaired) electrons. The largest absolute Gasteiger partial charge is 0.424 e. The van der Waals surface area contributed by atoms with Crippen molar-refractivity contribution in [2.75, 3.05) is 18.0 Å². The summed E-state index contributed by atoms with van der Waals surface area (Å²) in [6.45, 7) is 3.18. The lowest BCUT2D eigenvalue weighted by molar-refractivity contribution is 0.186. The molecule has 3 heterocycles. The summed E-state index contributed by atoms with van der Waals surface area (Å²) in [7, 11) is 0. The van der Waals surface area contributed by atoms with Crippen LogP contribution < -0.4 is 4.90 Å². The van der Waals surface area contributed by atoms with Gasteiger partial charge in [0.05, 0.1) is 17.4 Å². The first-order valence-electron chi connectivity index (χ1n) is 9.69. The maximum absolute atomic E-state index is 14.3. The highest BCUT2D eigenvalue weighted by Crippen LogP contribution is 2.31. The van der Waals surface area contributed by atoms with Gasteiger partial charge >= 0.3 is 6.03 Å². The molecule has 0 atom stereocenters. The molecule has 2 amide bonds. The van der Waals surface area contributed by atoms with Gasteiger partial charge in [0.15, 0.2) is 0 Å². The molecule has 1 aliphatic rings. The fraction of sp³-hybridized carbons (Fsp3) is 0.238. The normalized spacial score (nSPS) is 14.7. The van der Waals surface area contributed by atoms with Gasteiger partial charge in [0, 0.05) is 25.4 Å². The Labute approximate surface area is 171 Å². The molecule has 0 N–H and O–H groups in total. The molecule has 0 bridgehead atoms. The molecule has 9 heteroatoms. The summed E-state index contributed by atoms with van der Waals surface area (Å²) < 4.78 is 21.3. The molecule has 2 aromatic carbocycles. The molecule has 30 heavy (non-hydrogen) atoms. The number of anilines is 1. The third kappa shape index (κ3) is 3.08. The number of halogens is 1. The van der Waals surface area contributed by atoms with Crippen molar-refractivity contribution in [1.82, 2.24) is 24.9 Å². The molecule has 1 fully saturated rings. The number of rotatable bonds is 4. The van der Waals surface area contributed by atoms with E-state index >= 15 is 0 Å². The van der Waals surface area contributed by atoms with Gasteiger partial charge in [-0.1, -0.05) is 18.2 Å². The van der Waals surface area contributed by atoms with Gasteiger partial charge in [-0.3, -0.25) is 4.90 Å². The monoisotopic (exact) mass is 406 g/mol. The molecular formula is C21H19FN6O2. The van der Waals surface area contributed by atoms with Crippen LogP contribution in [0.4, 0.5) is 14.9 Å². The number of benzene rings is 2. The number of para-hydroxylation sites is 1. The Hall–Kier alpha value is -3.75. The Morgan fingerprint density at radius 3 is 2.70 bits per heavy atom. The Bertz CT molecular complexity index is 1230. The van der Waals surface area contributed by atoms with Gasteiger partial charge in [-0.2, -0.15) is 5.10 Å². The first kappa shape index (κ1) is 18.3. The topological polar surface area (TPSA) is 80.3 Å². The van der Waals surface area contributed by atoms with Gasteiger partial charge in [0.1, 0.15) is 18.0 Å². The number of carbonyl (C=O) groups is 1. The van der Waals surface area contributed by atoms with Crippen molar-refractivity contribution in [3.8, 4) is 5.69 Å². The molecule has 0 unspecified atom stereocenters. The van der Waals surface area contributed by atoms with Crippen molar-refractivity contribution >= 4 is 22.6 Å². The van der Waals surface area contributed by atoms with Gasteiger partial charge < -0.3 is 9.32 Å². The zero-order chi connectivity index (χ0) is 20.7. The Kier molecular flexibility index (Phi) is 4.42. The summed E-state index contributed by atoms with van der Waals surface area (Å²) in [5, 5.41) is 13.0. The molecule has 1 saturated heterocycles. The number of carbonyl (C=O) groups excluding carboxylic acids is 1. The van der Waals surface area contributed by atoms with Crippen LogP contribution in [0.25, 0.3) is 16.6 Å². The van der Waals surface area contributed by atoms with Crippen LogP contribution in [0.1, 0.15) is 18.2 Å². The van der Waals surface area contributed by atoms with Gasteiger partial charge in [-0.05, 0) is 30.7 Å². The fourth-order valence-corrected chi connectivity index (χ4v) is 3.80. The number of nitrogens with zero attached hydrogens (tertiary/aromatic N) is 6. The van der Waals surface area contributed by atoms with E-state index in [9.17, 15) is 9.18 Å². The van der Waals surface area contributed by atoms with E-state index in [2.05, 4.69) is 15.3 Å². The van der Waals surface area contributed by atoms with Crippen LogP contribution >= 0.6 is 0 Å².